The van der Waals surface area contributed by atoms with Crippen LogP contribution in [-0.4, -0.2) is 68.4 Å². The van der Waals surface area contributed by atoms with Gasteiger partial charge in [0.05, 0.1) is 30.7 Å². The minimum absolute atomic E-state index is 0.0702. The number of rotatable bonds is 8. The van der Waals surface area contributed by atoms with E-state index in [0.717, 1.165) is 0 Å². The van der Waals surface area contributed by atoms with E-state index in [0.29, 0.717) is 67.4 Å². The number of nitrogens with two attached hydrogens (primary N) is 1. The number of likely N-dealkylation sites (tertiary alicyclic amines) is 1. The Hall–Kier alpha value is -4.86. The second-order valence-corrected chi connectivity index (χ2v) is 11.6. The number of nitrogens with zero attached hydrogens (tertiary/aromatic N) is 6. The molecule has 12 heteroatoms. The van der Waals surface area contributed by atoms with E-state index in [1.807, 2.05) is 32.0 Å². The van der Waals surface area contributed by atoms with Crippen LogP contribution in [0.3, 0.4) is 0 Å². The molecular formula is C32H33FN8O3. The van der Waals surface area contributed by atoms with Crippen molar-refractivity contribution in [2.45, 2.75) is 44.3 Å². The van der Waals surface area contributed by atoms with Crippen LogP contribution in [0, 0.1) is 17.1 Å². The van der Waals surface area contributed by atoms with Gasteiger partial charge in [-0.25, -0.2) is 19.0 Å². The molecule has 0 bridgehead atoms. The van der Waals surface area contributed by atoms with Gasteiger partial charge in [0.25, 0.3) is 5.91 Å². The fourth-order valence-corrected chi connectivity index (χ4v) is 5.71. The Bertz CT molecular complexity index is 1760. The van der Waals surface area contributed by atoms with Crippen LogP contribution in [-0.2, 0) is 9.53 Å². The number of aromatic nitrogens is 4. The normalized spacial score (nSPS) is 17.7. The zero-order valence-corrected chi connectivity index (χ0v) is 24.5. The Morgan fingerprint density at radius 1 is 1.20 bits per heavy atom. The van der Waals surface area contributed by atoms with Gasteiger partial charge in [-0.1, -0.05) is 18.2 Å². The number of para-hydroxylation sites is 1. The molecule has 1 amide bonds. The maximum absolute atomic E-state index is 15.6. The second kappa shape index (κ2) is 12.0. The van der Waals surface area contributed by atoms with Crippen molar-refractivity contribution in [3.05, 3.63) is 72.3 Å². The Morgan fingerprint density at radius 2 is 2.00 bits per heavy atom. The number of hydrogen-bond donors (Lipinski definition) is 2. The van der Waals surface area contributed by atoms with E-state index in [1.165, 1.54) is 12.4 Å². The molecule has 44 heavy (non-hydrogen) atoms. The van der Waals surface area contributed by atoms with Crippen LogP contribution in [0.5, 0.6) is 11.5 Å². The number of fused-ring (bicyclic) bond motifs is 1. The number of benzene rings is 2. The van der Waals surface area contributed by atoms with Gasteiger partial charge in [-0.2, -0.15) is 10.4 Å². The summed E-state index contributed by atoms with van der Waals surface area (Å²) in [5, 5.41) is 18.5. The Balaban J connectivity index is 1.28. The standard InChI is InChI=1S/C32H33FN8O3/c1-32(2,38-21-17-43-18-21)14-20(15-34)31(42)40-12-6-7-22(16-40)41-30-27(29(35)36-19-37-30)28(39-41)25-11-10-24(13-26(25)33)44-23-8-4-3-5-9-23/h3-5,8-11,13-14,19,21-22,38H,6-7,12,16-18H2,1-2H3,(H2,35,36,37). The zero-order chi connectivity index (χ0) is 30.8. The van der Waals surface area contributed by atoms with E-state index in [9.17, 15) is 10.1 Å². The molecule has 0 aliphatic carbocycles. The minimum atomic E-state index is -0.572. The van der Waals surface area contributed by atoms with Crippen molar-refractivity contribution in [2.75, 3.05) is 32.0 Å². The molecule has 1 atom stereocenters. The van der Waals surface area contributed by atoms with Gasteiger partial charge < -0.3 is 25.4 Å². The van der Waals surface area contributed by atoms with Gasteiger partial charge in [0.2, 0.25) is 0 Å². The summed E-state index contributed by atoms with van der Waals surface area (Å²) in [6, 6.07) is 15.7. The van der Waals surface area contributed by atoms with Crippen molar-refractivity contribution >= 4 is 22.8 Å². The van der Waals surface area contributed by atoms with Crippen molar-refractivity contribution in [1.82, 2.24) is 30.0 Å². The lowest BCUT2D eigenvalue weighted by Crippen LogP contribution is -2.54. The van der Waals surface area contributed by atoms with Crippen molar-refractivity contribution in [2.24, 2.45) is 0 Å². The van der Waals surface area contributed by atoms with Crippen molar-refractivity contribution in [3.8, 4) is 28.8 Å². The van der Waals surface area contributed by atoms with Crippen LogP contribution in [0.4, 0.5) is 10.2 Å². The highest BCUT2D eigenvalue weighted by atomic mass is 19.1. The summed E-state index contributed by atoms with van der Waals surface area (Å²) in [4.78, 5) is 23.8. The molecule has 4 heterocycles. The summed E-state index contributed by atoms with van der Waals surface area (Å²) < 4.78 is 28.3. The fourth-order valence-electron chi connectivity index (χ4n) is 5.71. The third kappa shape index (κ3) is 5.97. The Labute approximate surface area is 254 Å². The second-order valence-electron chi connectivity index (χ2n) is 11.6. The minimum Gasteiger partial charge on any atom is -0.457 e. The van der Waals surface area contributed by atoms with Gasteiger partial charge in [-0.15, -0.1) is 0 Å². The molecule has 2 aliphatic rings. The van der Waals surface area contributed by atoms with Crippen LogP contribution >= 0.6 is 0 Å². The fraction of sp³-hybridized carbons (Fsp3) is 0.344. The van der Waals surface area contributed by atoms with E-state index in [-0.39, 0.29) is 34.9 Å². The van der Waals surface area contributed by atoms with Crippen LogP contribution < -0.4 is 15.8 Å². The van der Waals surface area contributed by atoms with Crippen LogP contribution in [0.15, 0.2) is 66.5 Å². The monoisotopic (exact) mass is 596 g/mol. The molecule has 0 radical (unpaired) electrons. The molecule has 2 aromatic carbocycles. The number of ether oxygens (including phenoxy) is 2. The number of nitrogens with one attached hydrogen (secondary N) is 1. The highest BCUT2D eigenvalue weighted by Crippen LogP contribution is 2.36. The van der Waals surface area contributed by atoms with E-state index >= 15 is 4.39 Å². The molecule has 0 saturated carbocycles. The molecule has 226 valence electrons. The SMILES string of the molecule is CC(C)(C=C(C#N)C(=O)N1CCCC(n2nc(-c3ccc(Oc4ccccc4)cc3F)c3c(N)ncnc32)C1)NC1COC1. The summed E-state index contributed by atoms with van der Waals surface area (Å²) in [6.45, 7) is 5.86. The summed E-state index contributed by atoms with van der Waals surface area (Å²) in [5.41, 5.74) is 6.75. The van der Waals surface area contributed by atoms with Crippen molar-refractivity contribution in [1.29, 1.82) is 5.26 Å². The molecule has 2 fully saturated rings. The highest BCUT2D eigenvalue weighted by molar-refractivity contribution is 5.99. The summed E-state index contributed by atoms with van der Waals surface area (Å²) in [7, 11) is 0. The van der Waals surface area contributed by atoms with Crippen LogP contribution in [0.1, 0.15) is 32.7 Å². The largest absolute Gasteiger partial charge is 0.457 e. The predicted octanol–water partition coefficient (Wildman–Crippen LogP) is 4.39. The van der Waals surface area contributed by atoms with Gasteiger partial charge in [-0.3, -0.25) is 4.79 Å². The lowest BCUT2D eigenvalue weighted by molar-refractivity contribution is -0.128. The zero-order valence-electron chi connectivity index (χ0n) is 24.5. The van der Waals surface area contributed by atoms with E-state index in [2.05, 4.69) is 21.4 Å². The molecule has 2 saturated heterocycles. The summed E-state index contributed by atoms with van der Waals surface area (Å²) >= 11 is 0. The molecular weight excluding hydrogens is 563 g/mol. The van der Waals surface area contributed by atoms with Gasteiger partial charge in [-0.05, 0) is 57.0 Å². The maximum atomic E-state index is 15.6. The molecule has 6 rings (SSSR count). The van der Waals surface area contributed by atoms with Crippen LogP contribution in [0.2, 0.25) is 0 Å². The average molecular weight is 597 g/mol. The van der Waals surface area contributed by atoms with Crippen LogP contribution in [0.25, 0.3) is 22.3 Å². The number of amides is 1. The summed E-state index contributed by atoms with van der Waals surface area (Å²) in [5.74, 6) is 0.216. The quantitative estimate of drug-likeness (QED) is 0.224. The maximum Gasteiger partial charge on any atom is 0.264 e. The summed E-state index contributed by atoms with van der Waals surface area (Å²) in [6.07, 6.45) is 4.42. The molecule has 1 unspecified atom stereocenters. The topological polar surface area (TPSA) is 144 Å². The Morgan fingerprint density at radius 3 is 2.70 bits per heavy atom. The van der Waals surface area contributed by atoms with Gasteiger partial charge in [0.1, 0.15) is 46.8 Å². The lowest BCUT2D eigenvalue weighted by Gasteiger charge is -2.35. The van der Waals surface area contributed by atoms with Gasteiger partial charge in [0.15, 0.2) is 5.65 Å². The first-order valence-corrected chi connectivity index (χ1v) is 14.5. The van der Waals surface area contributed by atoms with Gasteiger partial charge in [0, 0.05) is 30.3 Å². The van der Waals surface area contributed by atoms with E-state index in [1.54, 1.807) is 39.9 Å². The average Bonchev–Trinajstić information content (AvgIpc) is 3.39. The third-order valence-corrected chi connectivity index (χ3v) is 7.79. The molecule has 2 aliphatic heterocycles. The van der Waals surface area contributed by atoms with E-state index in [4.69, 9.17) is 20.3 Å². The van der Waals surface area contributed by atoms with Crippen molar-refractivity contribution < 1.29 is 18.7 Å². The number of halogens is 1. The smallest absolute Gasteiger partial charge is 0.264 e. The predicted molar refractivity (Wildman–Crippen MR) is 162 cm³/mol. The van der Waals surface area contributed by atoms with Crippen molar-refractivity contribution in [3.63, 3.8) is 0 Å². The Kier molecular flexibility index (Phi) is 7.99. The number of anilines is 1. The number of nitriles is 1. The number of piperidine rings is 1. The van der Waals surface area contributed by atoms with E-state index < -0.39 is 11.4 Å². The highest BCUT2D eigenvalue weighted by Gasteiger charge is 2.32. The first kappa shape index (κ1) is 29.2. The number of carbonyl (C=O) groups excluding carboxylic acids is 1. The molecule has 0 spiro atoms. The number of hydrogen-bond acceptors (Lipinski definition) is 9. The first-order valence-electron chi connectivity index (χ1n) is 14.5. The molecule has 11 nitrogen and oxygen atoms in total. The van der Waals surface area contributed by atoms with Gasteiger partial charge >= 0.3 is 0 Å². The molecule has 4 aromatic rings. The number of nitrogen functional groups attached to an aromatic ring is 1. The first-order chi connectivity index (χ1) is 21.2. The third-order valence-electron chi connectivity index (χ3n) is 7.79. The molecule has 2 aromatic heterocycles. The lowest BCUT2D eigenvalue weighted by atomic mass is 9.98. The number of carbonyl (C=O) groups is 1. The molecule has 3 N–H and O–H groups in total.